The molecule has 7 nitrogen and oxygen atoms in total. The predicted molar refractivity (Wildman–Crippen MR) is 123 cm³/mol. The van der Waals surface area contributed by atoms with Crippen LogP contribution >= 0.6 is 11.8 Å². The molecule has 1 aliphatic heterocycles. The van der Waals surface area contributed by atoms with Gasteiger partial charge in [-0.3, -0.25) is 9.47 Å². The van der Waals surface area contributed by atoms with E-state index in [1.54, 1.807) is 18.0 Å². The quantitative estimate of drug-likeness (QED) is 0.483. The number of piperidine rings is 1. The number of anilines is 1. The maximum Gasteiger partial charge on any atom is 0.228 e. The van der Waals surface area contributed by atoms with Crippen molar-refractivity contribution in [3.63, 3.8) is 0 Å². The minimum absolute atomic E-state index is 0.453. The number of furan rings is 1. The molecular weight excluding hydrogens is 410 g/mol. The van der Waals surface area contributed by atoms with Gasteiger partial charge in [-0.25, -0.2) is 0 Å². The molecule has 8 heteroatoms. The summed E-state index contributed by atoms with van der Waals surface area (Å²) in [4.78, 5) is 4.46. The van der Waals surface area contributed by atoms with Crippen molar-refractivity contribution in [1.29, 1.82) is 0 Å². The van der Waals surface area contributed by atoms with Crippen molar-refractivity contribution in [2.75, 3.05) is 37.3 Å². The van der Waals surface area contributed by atoms with E-state index in [-0.39, 0.29) is 0 Å². The summed E-state index contributed by atoms with van der Waals surface area (Å²) in [5.41, 5.74) is 1.24. The number of likely N-dealkylation sites (N-methyl/N-ethyl adjacent to an activating group) is 1. The van der Waals surface area contributed by atoms with Gasteiger partial charge >= 0.3 is 0 Å². The van der Waals surface area contributed by atoms with Crippen molar-refractivity contribution in [3.8, 4) is 0 Å². The molecule has 166 valence electrons. The van der Waals surface area contributed by atoms with Crippen LogP contribution in [0.4, 0.5) is 5.95 Å². The third-order valence-electron chi connectivity index (χ3n) is 5.45. The molecule has 0 saturated carbocycles. The molecule has 1 atom stereocenters. The smallest absolute Gasteiger partial charge is 0.228 e. The van der Waals surface area contributed by atoms with E-state index in [2.05, 4.69) is 36.7 Å². The Balaban J connectivity index is 1.38. The first-order chi connectivity index (χ1) is 15.2. The molecule has 4 rings (SSSR count). The number of benzene rings is 1. The van der Waals surface area contributed by atoms with Gasteiger partial charge in [-0.2, -0.15) is 0 Å². The summed E-state index contributed by atoms with van der Waals surface area (Å²) in [7, 11) is 2.04. The summed E-state index contributed by atoms with van der Waals surface area (Å²) in [6.45, 7) is 4.03. The third kappa shape index (κ3) is 6.12. The van der Waals surface area contributed by atoms with Crippen LogP contribution in [-0.4, -0.2) is 63.3 Å². The second-order valence-electron chi connectivity index (χ2n) is 8.14. The largest absolute Gasteiger partial charge is 0.467 e. The second kappa shape index (κ2) is 10.8. The highest BCUT2D eigenvalue weighted by Gasteiger charge is 2.22. The topological polar surface area (TPSA) is 70.6 Å². The molecule has 31 heavy (non-hydrogen) atoms. The van der Waals surface area contributed by atoms with Gasteiger partial charge in [0.25, 0.3) is 0 Å². The predicted octanol–water partition coefficient (Wildman–Crippen LogP) is 3.49. The number of aliphatic hydroxyl groups is 1. The number of rotatable bonds is 10. The standard InChI is InChI=1S/C23H31N5O2S/c1-26(15-19-9-4-2-5-10-19)16-20(29)18-31-23-25-24-22(27-12-6-3-7-13-27)28(23)17-21-11-8-14-30-21/h2,4-5,8-11,14,20,29H,3,6-7,12-13,15-18H2,1H3. The van der Waals surface area contributed by atoms with Gasteiger partial charge in [0, 0.05) is 31.9 Å². The molecule has 1 N–H and O–H groups in total. The Labute approximate surface area is 188 Å². The van der Waals surface area contributed by atoms with Gasteiger partial charge in [-0.1, -0.05) is 42.1 Å². The molecule has 0 radical (unpaired) electrons. The van der Waals surface area contributed by atoms with Gasteiger partial charge in [0.2, 0.25) is 5.95 Å². The average Bonchev–Trinajstić information content (AvgIpc) is 3.44. The van der Waals surface area contributed by atoms with Crippen LogP contribution in [-0.2, 0) is 13.1 Å². The van der Waals surface area contributed by atoms with Crippen LogP contribution in [0.2, 0.25) is 0 Å². The summed E-state index contributed by atoms with van der Waals surface area (Å²) < 4.78 is 7.70. The lowest BCUT2D eigenvalue weighted by Crippen LogP contribution is -2.32. The van der Waals surface area contributed by atoms with E-state index >= 15 is 0 Å². The molecule has 3 heterocycles. The molecule has 1 saturated heterocycles. The SMILES string of the molecule is CN(Cc1ccccc1)CC(O)CSc1nnc(N2CCCCC2)n1Cc1ccco1. The van der Waals surface area contributed by atoms with Crippen LogP contribution < -0.4 is 4.90 Å². The van der Waals surface area contributed by atoms with Crippen LogP contribution in [0.1, 0.15) is 30.6 Å². The monoisotopic (exact) mass is 441 g/mol. The van der Waals surface area contributed by atoms with Crippen molar-refractivity contribution < 1.29 is 9.52 Å². The molecule has 0 spiro atoms. The number of nitrogens with zero attached hydrogens (tertiary/aromatic N) is 5. The molecule has 3 aromatic rings. The Kier molecular flexibility index (Phi) is 7.66. The van der Waals surface area contributed by atoms with Crippen molar-refractivity contribution in [2.24, 2.45) is 0 Å². The van der Waals surface area contributed by atoms with E-state index in [4.69, 9.17) is 4.42 Å². The van der Waals surface area contributed by atoms with E-state index in [0.29, 0.717) is 18.8 Å². The summed E-state index contributed by atoms with van der Waals surface area (Å²) in [6.07, 6.45) is 4.88. The molecule has 0 aliphatic carbocycles. The Bertz CT molecular complexity index is 909. The molecule has 0 bridgehead atoms. The summed E-state index contributed by atoms with van der Waals surface area (Å²) >= 11 is 1.55. The highest BCUT2D eigenvalue weighted by atomic mass is 32.2. The van der Waals surface area contributed by atoms with E-state index in [1.807, 2.05) is 37.4 Å². The Hall–Kier alpha value is -2.29. The second-order valence-corrected chi connectivity index (χ2v) is 9.13. The lowest BCUT2D eigenvalue weighted by molar-refractivity contribution is 0.142. The van der Waals surface area contributed by atoms with Gasteiger partial charge < -0.3 is 14.4 Å². The molecule has 0 amide bonds. The molecule has 1 unspecified atom stereocenters. The summed E-state index contributed by atoms with van der Waals surface area (Å²) in [6, 6.07) is 14.2. The highest BCUT2D eigenvalue weighted by molar-refractivity contribution is 7.99. The number of hydrogen-bond donors (Lipinski definition) is 1. The molecule has 1 fully saturated rings. The minimum Gasteiger partial charge on any atom is -0.467 e. The molecule has 2 aromatic heterocycles. The van der Waals surface area contributed by atoms with Crippen LogP contribution in [0.5, 0.6) is 0 Å². The first-order valence-corrected chi connectivity index (χ1v) is 11.9. The van der Waals surface area contributed by atoms with Crippen LogP contribution in [0.25, 0.3) is 0 Å². The zero-order valence-corrected chi connectivity index (χ0v) is 18.9. The Morgan fingerprint density at radius 1 is 1.10 bits per heavy atom. The van der Waals surface area contributed by atoms with E-state index in [0.717, 1.165) is 36.5 Å². The zero-order chi connectivity index (χ0) is 21.5. The summed E-state index contributed by atoms with van der Waals surface area (Å²) in [5.74, 6) is 2.34. The van der Waals surface area contributed by atoms with Crippen molar-refractivity contribution in [2.45, 2.75) is 43.6 Å². The third-order valence-corrected chi connectivity index (χ3v) is 6.56. The zero-order valence-electron chi connectivity index (χ0n) is 18.1. The van der Waals surface area contributed by atoms with Crippen LogP contribution in [0.15, 0.2) is 58.3 Å². The van der Waals surface area contributed by atoms with E-state index in [9.17, 15) is 5.11 Å². The fraction of sp³-hybridized carbons (Fsp3) is 0.478. The lowest BCUT2D eigenvalue weighted by Gasteiger charge is -2.27. The maximum atomic E-state index is 10.6. The number of aliphatic hydroxyl groups excluding tert-OH is 1. The lowest BCUT2D eigenvalue weighted by atomic mass is 10.1. The van der Waals surface area contributed by atoms with Gasteiger partial charge in [-0.15, -0.1) is 10.2 Å². The van der Waals surface area contributed by atoms with Crippen LogP contribution in [0.3, 0.4) is 0 Å². The maximum absolute atomic E-state index is 10.6. The van der Waals surface area contributed by atoms with Gasteiger partial charge in [0.15, 0.2) is 5.16 Å². The molecule has 1 aromatic carbocycles. The number of aromatic nitrogens is 3. The number of thioether (sulfide) groups is 1. The van der Waals surface area contributed by atoms with Crippen molar-refractivity contribution >= 4 is 17.7 Å². The Morgan fingerprint density at radius 2 is 1.90 bits per heavy atom. The first kappa shape index (κ1) is 21.9. The van der Waals surface area contributed by atoms with E-state index in [1.165, 1.54) is 24.8 Å². The van der Waals surface area contributed by atoms with Gasteiger partial charge in [0.05, 0.1) is 18.9 Å². The van der Waals surface area contributed by atoms with Crippen molar-refractivity contribution in [1.82, 2.24) is 19.7 Å². The van der Waals surface area contributed by atoms with Crippen LogP contribution in [0, 0.1) is 0 Å². The summed E-state index contributed by atoms with van der Waals surface area (Å²) in [5, 5.41) is 20.4. The first-order valence-electron chi connectivity index (χ1n) is 10.9. The number of hydrogen-bond acceptors (Lipinski definition) is 7. The van der Waals surface area contributed by atoms with E-state index < -0.39 is 6.10 Å². The fourth-order valence-electron chi connectivity index (χ4n) is 3.96. The normalized spacial score (nSPS) is 15.5. The highest BCUT2D eigenvalue weighted by Crippen LogP contribution is 2.26. The van der Waals surface area contributed by atoms with Gasteiger partial charge in [0.1, 0.15) is 5.76 Å². The van der Waals surface area contributed by atoms with Gasteiger partial charge in [-0.05, 0) is 44.0 Å². The molecule has 1 aliphatic rings. The average molecular weight is 442 g/mol. The van der Waals surface area contributed by atoms with Crippen molar-refractivity contribution in [3.05, 3.63) is 60.1 Å². The Morgan fingerprint density at radius 3 is 2.65 bits per heavy atom. The molecular formula is C23H31N5O2S. The fourth-order valence-corrected chi connectivity index (χ4v) is 4.80. The minimum atomic E-state index is -0.453.